The van der Waals surface area contributed by atoms with E-state index in [1.54, 1.807) is 12.4 Å². The van der Waals surface area contributed by atoms with Crippen LogP contribution < -0.4 is 5.32 Å². The molecule has 1 aromatic heterocycles. The minimum atomic E-state index is 0.125. The van der Waals surface area contributed by atoms with Gasteiger partial charge in [0.25, 0.3) is 0 Å². The SMILES string of the molecule is O=C(CC1C=CCC1)NCc1cccnc1. The molecule has 0 aliphatic heterocycles. The smallest absolute Gasteiger partial charge is 0.220 e. The number of nitrogens with one attached hydrogen (secondary N) is 1. The summed E-state index contributed by atoms with van der Waals surface area (Å²) in [4.78, 5) is 15.6. The first-order chi connectivity index (χ1) is 7.84. The second kappa shape index (κ2) is 5.45. The molecule has 1 atom stereocenters. The second-order valence-corrected chi connectivity index (χ2v) is 4.11. The van der Waals surface area contributed by atoms with Gasteiger partial charge in [0.15, 0.2) is 0 Å². The zero-order valence-corrected chi connectivity index (χ0v) is 9.23. The van der Waals surface area contributed by atoms with Crippen LogP contribution in [0.2, 0.25) is 0 Å². The first kappa shape index (κ1) is 10.9. The van der Waals surface area contributed by atoms with Crippen molar-refractivity contribution < 1.29 is 4.79 Å². The zero-order valence-electron chi connectivity index (χ0n) is 9.23. The fourth-order valence-corrected chi connectivity index (χ4v) is 1.88. The first-order valence-corrected chi connectivity index (χ1v) is 5.67. The molecule has 0 saturated carbocycles. The third kappa shape index (κ3) is 3.19. The molecule has 1 unspecified atom stereocenters. The van der Waals surface area contributed by atoms with Gasteiger partial charge in [0.1, 0.15) is 0 Å². The maximum Gasteiger partial charge on any atom is 0.220 e. The molecule has 1 N–H and O–H groups in total. The van der Waals surface area contributed by atoms with Gasteiger partial charge in [0.05, 0.1) is 0 Å². The van der Waals surface area contributed by atoms with Gasteiger partial charge in [-0.1, -0.05) is 18.2 Å². The van der Waals surface area contributed by atoms with E-state index in [4.69, 9.17) is 0 Å². The average Bonchev–Trinajstić information content (AvgIpc) is 2.81. The van der Waals surface area contributed by atoms with Gasteiger partial charge in [0.2, 0.25) is 5.91 Å². The molecule has 1 heterocycles. The van der Waals surface area contributed by atoms with Gasteiger partial charge >= 0.3 is 0 Å². The van der Waals surface area contributed by atoms with Crippen LogP contribution in [-0.4, -0.2) is 10.9 Å². The predicted molar refractivity (Wildman–Crippen MR) is 62.6 cm³/mol. The van der Waals surface area contributed by atoms with Crippen molar-refractivity contribution in [3.05, 3.63) is 42.2 Å². The molecule has 84 valence electrons. The Bertz CT molecular complexity index is 373. The normalized spacial score (nSPS) is 18.6. The zero-order chi connectivity index (χ0) is 11.2. The van der Waals surface area contributed by atoms with Crippen molar-refractivity contribution >= 4 is 5.91 Å². The number of carbonyl (C=O) groups excluding carboxylic acids is 1. The lowest BCUT2D eigenvalue weighted by atomic mass is 10.1. The highest BCUT2D eigenvalue weighted by molar-refractivity contribution is 5.76. The minimum Gasteiger partial charge on any atom is -0.352 e. The van der Waals surface area contributed by atoms with Crippen molar-refractivity contribution in [3.8, 4) is 0 Å². The van der Waals surface area contributed by atoms with E-state index < -0.39 is 0 Å². The van der Waals surface area contributed by atoms with Crippen LogP contribution in [0.4, 0.5) is 0 Å². The number of hydrogen-bond acceptors (Lipinski definition) is 2. The lowest BCUT2D eigenvalue weighted by Gasteiger charge is -2.08. The molecular weight excluding hydrogens is 200 g/mol. The number of pyridine rings is 1. The topological polar surface area (TPSA) is 42.0 Å². The average molecular weight is 216 g/mol. The maximum absolute atomic E-state index is 11.6. The van der Waals surface area contributed by atoms with Gasteiger partial charge in [-0.15, -0.1) is 0 Å². The lowest BCUT2D eigenvalue weighted by Crippen LogP contribution is -2.24. The summed E-state index contributed by atoms with van der Waals surface area (Å²) >= 11 is 0. The number of hydrogen-bond donors (Lipinski definition) is 1. The lowest BCUT2D eigenvalue weighted by molar-refractivity contribution is -0.121. The van der Waals surface area contributed by atoms with Gasteiger partial charge in [-0.25, -0.2) is 0 Å². The van der Waals surface area contributed by atoms with Gasteiger partial charge < -0.3 is 5.32 Å². The molecule has 1 aliphatic rings. The van der Waals surface area contributed by atoms with Crippen molar-refractivity contribution in [2.24, 2.45) is 5.92 Å². The van der Waals surface area contributed by atoms with Crippen LogP contribution in [0.5, 0.6) is 0 Å². The van der Waals surface area contributed by atoms with Crippen LogP contribution in [0.25, 0.3) is 0 Å². The van der Waals surface area contributed by atoms with Crippen molar-refractivity contribution in [2.75, 3.05) is 0 Å². The molecule has 0 spiro atoms. The van der Waals surface area contributed by atoms with E-state index >= 15 is 0 Å². The van der Waals surface area contributed by atoms with Gasteiger partial charge in [0, 0.05) is 25.4 Å². The summed E-state index contributed by atoms with van der Waals surface area (Å²) in [7, 11) is 0. The molecule has 0 bridgehead atoms. The molecule has 2 rings (SSSR count). The first-order valence-electron chi connectivity index (χ1n) is 5.67. The summed E-state index contributed by atoms with van der Waals surface area (Å²) in [5, 5.41) is 2.91. The third-order valence-electron chi connectivity index (χ3n) is 2.77. The summed E-state index contributed by atoms with van der Waals surface area (Å²) < 4.78 is 0. The van der Waals surface area contributed by atoms with E-state index in [1.807, 2.05) is 12.1 Å². The van der Waals surface area contributed by atoms with Gasteiger partial charge in [-0.05, 0) is 30.4 Å². The standard InChI is InChI=1S/C13H16N2O/c16-13(8-11-4-1-2-5-11)15-10-12-6-3-7-14-9-12/h1,3-4,6-7,9,11H,2,5,8,10H2,(H,15,16). The Morgan fingerprint density at radius 3 is 3.19 bits per heavy atom. The fourth-order valence-electron chi connectivity index (χ4n) is 1.88. The predicted octanol–water partition coefficient (Wildman–Crippen LogP) is 2.05. The molecule has 0 aromatic carbocycles. The number of amides is 1. The molecule has 1 aliphatic carbocycles. The van der Waals surface area contributed by atoms with E-state index in [1.165, 1.54) is 0 Å². The highest BCUT2D eigenvalue weighted by Gasteiger charge is 2.13. The summed E-state index contributed by atoms with van der Waals surface area (Å²) in [5.74, 6) is 0.564. The molecule has 3 heteroatoms. The Balaban J connectivity index is 1.73. The van der Waals surface area contributed by atoms with E-state index in [0.29, 0.717) is 18.9 Å². The number of rotatable bonds is 4. The van der Waals surface area contributed by atoms with Crippen LogP contribution in [0.15, 0.2) is 36.7 Å². The number of nitrogens with zero attached hydrogens (tertiary/aromatic N) is 1. The Morgan fingerprint density at radius 2 is 2.50 bits per heavy atom. The summed E-state index contributed by atoms with van der Waals surface area (Å²) in [6.45, 7) is 0.573. The Labute approximate surface area is 95.6 Å². The second-order valence-electron chi connectivity index (χ2n) is 4.11. The van der Waals surface area contributed by atoms with Crippen molar-refractivity contribution in [3.63, 3.8) is 0 Å². The highest BCUT2D eigenvalue weighted by Crippen LogP contribution is 2.19. The largest absolute Gasteiger partial charge is 0.352 e. The molecular formula is C13H16N2O. The van der Waals surface area contributed by atoms with Crippen LogP contribution in [0.1, 0.15) is 24.8 Å². The fraction of sp³-hybridized carbons (Fsp3) is 0.385. The molecule has 0 fully saturated rings. The monoisotopic (exact) mass is 216 g/mol. The van der Waals surface area contributed by atoms with E-state index in [9.17, 15) is 4.79 Å². The Kier molecular flexibility index (Phi) is 3.70. The maximum atomic E-state index is 11.6. The van der Waals surface area contributed by atoms with Crippen molar-refractivity contribution in [1.82, 2.24) is 10.3 Å². The molecule has 1 aromatic rings. The Hall–Kier alpha value is -1.64. The number of carbonyl (C=O) groups is 1. The quantitative estimate of drug-likeness (QED) is 0.783. The number of allylic oxidation sites excluding steroid dienone is 2. The minimum absolute atomic E-state index is 0.125. The van der Waals surface area contributed by atoms with Crippen LogP contribution in [0.3, 0.4) is 0 Å². The highest BCUT2D eigenvalue weighted by atomic mass is 16.1. The van der Waals surface area contributed by atoms with Crippen LogP contribution in [0, 0.1) is 5.92 Å². The van der Waals surface area contributed by atoms with Gasteiger partial charge in [-0.2, -0.15) is 0 Å². The third-order valence-corrected chi connectivity index (χ3v) is 2.77. The van der Waals surface area contributed by atoms with Crippen molar-refractivity contribution in [2.45, 2.75) is 25.8 Å². The van der Waals surface area contributed by atoms with Gasteiger partial charge in [-0.3, -0.25) is 9.78 Å². The van der Waals surface area contributed by atoms with E-state index in [-0.39, 0.29) is 5.91 Å². The molecule has 0 saturated heterocycles. The molecule has 0 radical (unpaired) electrons. The molecule has 1 amide bonds. The molecule has 3 nitrogen and oxygen atoms in total. The molecule has 16 heavy (non-hydrogen) atoms. The van der Waals surface area contributed by atoms with Crippen molar-refractivity contribution in [1.29, 1.82) is 0 Å². The summed E-state index contributed by atoms with van der Waals surface area (Å²) in [6.07, 6.45) is 10.6. The summed E-state index contributed by atoms with van der Waals surface area (Å²) in [6, 6.07) is 3.84. The Morgan fingerprint density at radius 1 is 1.56 bits per heavy atom. The van der Waals surface area contributed by atoms with Crippen LogP contribution >= 0.6 is 0 Å². The number of aromatic nitrogens is 1. The van der Waals surface area contributed by atoms with E-state index in [0.717, 1.165) is 18.4 Å². The van der Waals surface area contributed by atoms with E-state index in [2.05, 4.69) is 22.5 Å². The van der Waals surface area contributed by atoms with Crippen LogP contribution in [-0.2, 0) is 11.3 Å². The summed E-state index contributed by atoms with van der Waals surface area (Å²) in [5.41, 5.74) is 1.04.